The first-order valence-corrected chi connectivity index (χ1v) is 9.24. The number of ether oxygens (including phenoxy) is 2. The number of fused-ring (bicyclic) bond motifs is 1. The maximum absolute atomic E-state index is 5.76. The third-order valence-electron chi connectivity index (χ3n) is 4.29. The Morgan fingerprint density at radius 2 is 1.75 bits per heavy atom. The van der Waals surface area contributed by atoms with E-state index in [9.17, 15) is 0 Å². The summed E-state index contributed by atoms with van der Waals surface area (Å²) in [7, 11) is 5.92. The van der Waals surface area contributed by atoms with Crippen LogP contribution in [0.3, 0.4) is 0 Å². The molecule has 1 aliphatic heterocycles. The van der Waals surface area contributed by atoms with E-state index in [1.54, 1.807) is 7.05 Å². The SMILES string of the molecule is CN=C(NCc1ccccc1CN(C)C)Nc1ccc2c(c1)OCCCO2.I. The van der Waals surface area contributed by atoms with Crippen LogP contribution in [0, 0.1) is 0 Å². The van der Waals surface area contributed by atoms with Crippen LogP contribution < -0.4 is 20.1 Å². The quantitative estimate of drug-likeness (QED) is 0.376. The highest BCUT2D eigenvalue weighted by Gasteiger charge is 2.11. The molecule has 0 amide bonds. The molecule has 2 N–H and O–H groups in total. The van der Waals surface area contributed by atoms with Crippen LogP contribution in [-0.2, 0) is 13.1 Å². The summed E-state index contributed by atoms with van der Waals surface area (Å²) in [5.74, 6) is 2.27. The van der Waals surface area contributed by atoms with E-state index in [2.05, 4.69) is 58.9 Å². The van der Waals surface area contributed by atoms with Gasteiger partial charge >= 0.3 is 0 Å². The smallest absolute Gasteiger partial charge is 0.195 e. The molecule has 7 heteroatoms. The Morgan fingerprint density at radius 1 is 1.04 bits per heavy atom. The summed E-state index contributed by atoms with van der Waals surface area (Å²) in [6.45, 7) is 2.97. The summed E-state index contributed by atoms with van der Waals surface area (Å²) in [6.07, 6.45) is 0.896. The summed E-state index contributed by atoms with van der Waals surface area (Å²) < 4.78 is 11.4. The molecule has 0 spiro atoms. The molecule has 0 unspecified atom stereocenters. The first kappa shape index (κ1) is 22.3. The van der Waals surface area contributed by atoms with Gasteiger partial charge in [0.25, 0.3) is 0 Å². The summed E-state index contributed by atoms with van der Waals surface area (Å²) in [5, 5.41) is 6.71. The molecule has 0 fully saturated rings. The summed E-state index contributed by atoms with van der Waals surface area (Å²) >= 11 is 0. The lowest BCUT2D eigenvalue weighted by Crippen LogP contribution is -2.30. The van der Waals surface area contributed by atoms with E-state index in [-0.39, 0.29) is 24.0 Å². The molecule has 0 saturated carbocycles. The second-order valence-corrected chi connectivity index (χ2v) is 6.77. The number of aliphatic imine (C=N–C) groups is 1. The maximum atomic E-state index is 5.76. The highest BCUT2D eigenvalue weighted by Crippen LogP contribution is 2.32. The minimum absolute atomic E-state index is 0. The van der Waals surface area contributed by atoms with Crippen LogP contribution in [0.25, 0.3) is 0 Å². The van der Waals surface area contributed by atoms with Gasteiger partial charge in [-0.3, -0.25) is 4.99 Å². The number of anilines is 1. The average molecular weight is 496 g/mol. The van der Waals surface area contributed by atoms with Gasteiger partial charge in [-0.2, -0.15) is 0 Å². The number of hydrogen-bond donors (Lipinski definition) is 2. The Balaban J connectivity index is 0.00000280. The standard InChI is InChI=1S/C21H28N4O2.HI/c1-22-21(23-14-16-7-4-5-8-17(16)15-25(2)3)24-18-9-10-19-20(13-18)27-12-6-11-26-19;/h4-5,7-10,13H,6,11-12,14-15H2,1-3H3,(H2,22,23,24);1H. The number of benzene rings is 2. The number of guanidine groups is 1. The summed E-state index contributed by atoms with van der Waals surface area (Å²) in [5.41, 5.74) is 3.47. The van der Waals surface area contributed by atoms with Gasteiger partial charge in [0.05, 0.1) is 13.2 Å². The summed E-state index contributed by atoms with van der Waals surface area (Å²) in [4.78, 5) is 6.50. The van der Waals surface area contributed by atoms with Crippen LogP contribution in [0.5, 0.6) is 11.5 Å². The van der Waals surface area contributed by atoms with Crippen molar-refractivity contribution in [2.24, 2.45) is 4.99 Å². The van der Waals surface area contributed by atoms with Gasteiger partial charge < -0.3 is 25.0 Å². The Labute approximate surface area is 184 Å². The number of rotatable bonds is 5. The molecule has 3 rings (SSSR count). The number of nitrogens with zero attached hydrogens (tertiary/aromatic N) is 2. The minimum Gasteiger partial charge on any atom is -0.490 e. The predicted molar refractivity (Wildman–Crippen MR) is 125 cm³/mol. The largest absolute Gasteiger partial charge is 0.490 e. The third-order valence-corrected chi connectivity index (χ3v) is 4.29. The van der Waals surface area contributed by atoms with E-state index in [1.807, 2.05) is 18.2 Å². The van der Waals surface area contributed by atoms with E-state index < -0.39 is 0 Å². The monoisotopic (exact) mass is 496 g/mol. The van der Waals surface area contributed by atoms with Gasteiger partial charge in [-0.15, -0.1) is 24.0 Å². The molecule has 1 aliphatic rings. The van der Waals surface area contributed by atoms with Gasteiger partial charge in [0.1, 0.15) is 0 Å². The van der Waals surface area contributed by atoms with Crippen molar-refractivity contribution in [2.75, 3.05) is 39.7 Å². The van der Waals surface area contributed by atoms with Gasteiger partial charge in [0, 0.05) is 38.3 Å². The van der Waals surface area contributed by atoms with Gasteiger partial charge in [-0.1, -0.05) is 24.3 Å². The zero-order valence-electron chi connectivity index (χ0n) is 16.7. The van der Waals surface area contributed by atoms with Crippen LogP contribution >= 0.6 is 24.0 Å². The fourth-order valence-corrected chi connectivity index (χ4v) is 2.96. The van der Waals surface area contributed by atoms with Gasteiger partial charge in [-0.25, -0.2) is 0 Å². The molecular formula is C21H29IN4O2. The molecule has 1 heterocycles. The highest BCUT2D eigenvalue weighted by atomic mass is 127. The fraction of sp³-hybridized carbons (Fsp3) is 0.381. The van der Waals surface area contributed by atoms with Crippen LogP contribution in [0.15, 0.2) is 47.5 Å². The molecule has 28 heavy (non-hydrogen) atoms. The molecule has 0 aromatic heterocycles. The van der Waals surface area contributed by atoms with Crippen molar-refractivity contribution in [3.63, 3.8) is 0 Å². The fourth-order valence-electron chi connectivity index (χ4n) is 2.96. The zero-order chi connectivity index (χ0) is 19.1. The van der Waals surface area contributed by atoms with E-state index in [4.69, 9.17) is 9.47 Å². The molecule has 0 saturated heterocycles. The van der Waals surface area contributed by atoms with Gasteiger partial charge in [0.2, 0.25) is 0 Å². The van der Waals surface area contributed by atoms with E-state index in [0.29, 0.717) is 25.7 Å². The number of halogens is 1. The average Bonchev–Trinajstić information content (AvgIpc) is 2.90. The van der Waals surface area contributed by atoms with Crippen molar-refractivity contribution in [2.45, 2.75) is 19.5 Å². The molecule has 0 atom stereocenters. The van der Waals surface area contributed by atoms with E-state index >= 15 is 0 Å². The van der Waals surface area contributed by atoms with Crippen molar-refractivity contribution in [1.29, 1.82) is 0 Å². The zero-order valence-corrected chi connectivity index (χ0v) is 19.0. The Kier molecular flexibility index (Phi) is 8.85. The topological polar surface area (TPSA) is 58.1 Å². The number of nitrogens with one attached hydrogen (secondary N) is 2. The Bertz CT molecular complexity index is 796. The predicted octanol–water partition coefficient (Wildman–Crippen LogP) is 3.72. The van der Waals surface area contributed by atoms with Crippen molar-refractivity contribution in [3.8, 4) is 11.5 Å². The Hall–Kier alpha value is -2.00. The normalized spacial score (nSPS) is 13.5. The van der Waals surface area contributed by atoms with Crippen LogP contribution in [0.4, 0.5) is 5.69 Å². The number of hydrogen-bond acceptors (Lipinski definition) is 4. The molecule has 6 nitrogen and oxygen atoms in total. The van der Waals surface area contributed by atoms with Crippen molar-refractivity contribution in [1.82, 2.24) is 10.2 Å². The van der Waals surface area contributed by atoms with Crippen molar-refractivity contribution >= 4 is 35.6 Å². The van der Waals surface area contributed by atoms with Crippen molar-refractivity contribution < 1.29 is 9.47 Å². The molecule has 2 aromatic carbocycles. The van der Waals surface area contributed by atoms with Crippen LogP contribution in [0.2, 0.25) is 0 Å². The van der Waals surface area contributed by atoms with Gasteiger partial charge in [-0.05, 0) is 37.4 Å². The lowest BCUT2D eigenvalue weighted by atomic mass is 10.1. The van der Waals surface area contributed by atoms with Gasteiger partial charge in [0.15, 0.2) is 17.5 Å². The highest BCUT2D eigenvalue weighted by molar-refractivity contribution is 14.0. The van der Waals surface area contributed by atoms with Crippen LogP contribution in [-0.4, -0.2) is 45.2 Å². The molecule has 0 radical (unpaired) electrons. The molecule has 0 aliphatic carbocycles. The van der Waals surface area contributed by atoms with Crippen LogP contribution in [0.1, 0.15) is 17.5 Å². The molecule has 2 aromatic rings. The van der Waals surface area contributed by atoms with E-state index in [0.717, 1.165) is 30.2 Å². The first-order valence-electron chi connectivity index (χ1n) is 9.24. The molecule has 152 valence electrons. The summed E-state index contributed by atoms with van der Waals surface area (Å²) in [6, 6.07) is 14.3. The first-order chi connectivity index (χ1) is 13.2. The van der Waals surface area contributed by atoms with E-state index in [1.165, 1.54) is 11.1 Å². The third kappa shape index (κ3) is 6.27. The molecular weight excluding hydrogens is 467 g/mol. The Morgan fingerprint density at radius 3 is 2.46 bits per heavy atom. The second kappa shape index (κ2) is 11.1. The maximum Gasteiger partial charge on any atom is 0.195 e. The van der Waals surface area contributed by atoms with Crippen molar-refractivity contribution in [3.05, 3.63) is 53.6 Å². The minimum atomic E-state index is 0. The lowest BCUT2D eigenvalue weighted by Gasteiger charge is -2.17. The second-order valence-electron chi connectivity index (χ2n) is 6.77. The molecule has 0 bridgehead atoms. The lowest BCUT2D eigenvalue weighted by molar-refractivity contribution is 0.297.